The van der Waals surface area contributed by atoms with E-state index in [-0.39, 0.29) is 18.3 Å². The number of esters is 1. The van der Waals surface area contributed by atoms with Gasteiger partial charge in [0.05, 0.1) is 11.5 Å². The molecule has 0 unspecified atom stereocenters. The highest BCUT2D eigenvalue weighted by Gasteiger charge is 2.27. The third-order valence-corrected chi connectivity index (χ3v) is 5.40. The van der Waals surface area contributed by atoms with Crippen LogP contribution in [0.25, 0.3) is 11.4 Å². The van der Waals surface area contributed by atoms with Crippen molar-refractivity contribution in [1.29, 1.82) is 0 Å². The largest absolute Gasteiger partial charge is 0.465 e. The SMILES string of the molecule is C=CCn1c(S[C@H](C(=O)OCC)c2ccccc2)nnc1-c1ccc([N+](=O)[O-])cc1. The third-order valence-electron chi connectivity index (χ3n) is 4.19. The van der Waals surface area contributed by atoms with Gasteiger partial charge in [0.25, 0.3) is 5.69 Å². The number of hydrogen-bond acceptors (Lipinski definition) is 7. The van der Waals surface area contributed by atoms with Crippen LogP contribution >= 0.6 is 11.8 Å². The Labute approximate surface area is 177 Å². The van der Waals surface area contributed by atoms with E-state index in [4.69, 9.17) is 4.74 Å². The second-order valence-corrected chi connectivity index (χ2v) is 7.24. The van der Waals surface area contributed by atoms with Gasteiger partial charge in [0.1, 0.15) is 5.25 Å². The van der Waals surface area contributed by atoms with Crippen molar-refractivity contribution in [2.75, 3.05) is 6.61 Å². The van der Waals surface area contributed by atoms with Gasteiger partial charge in [0, 0.05) is 24.2 Å². The van der Waals surface area contributed by atoms with Crippen LogP contribution in [0.1, 0.15) is 17.7 Å². The summed E-state index contributed by atoms with van der Waals surface area (Å²) in [6, 6.07) is 15.4. The molecule has 0 aliphatic rings. The summed E-state index contributed by atoms with van der Waals surface area (Å²) in [6.07, 6.45) is 1.70. The summed E-state index contributed by atoms with van der Waals surface area (Å²) in [5, 5.41) is 19.3. The first-order valence-electron chi connectivity index (χ1n) is 9.22. The molecule has 0 N–H and O–H groups in total. The second-order valence-electron chi connectivity index (χ2n) is 6.17. The van der Waals surface area contributed by atoms with Gasteiger partial charge in [-0.1, -0.05) is 48.2 Å². The molecule has 9 heteroatoms. The number of allylic oxidation sites excluding steroid dienone is 1. The van der Waals surface area contributed by atoms with Gasteiger partial charge in [0.2, 0.25) is 0 Å². The Morgan fingerprint density at radius 3 is 2.53 bits per heavy atom. The quantitative estimate of drug-likeness (QED) is 0.165. The Morgan fingerprint density at radius 1 is 1.23 bits per heavy atom. The lowest BCUT2D eigenvalue weighted by Crippen LogP contribution is -2.14. The molecule has 0 amide bonds. The Bertz CT molecular complexity index is 1030. The number of carbonyl (C=O) groups excluding carboxylic acids is 1. The summed E-state index contributed by atoms with van der Waals surface area (Å²) in [7, 11) is 0. The first-order chi connectivity index (χ1) is 14.5. The van der Waals surface area contributed by atoms with Crippen molar-refractivity contribution < 1.29 is 14.5 Å². The minimum absolute atomic E-state index is 0.00501. The summed E-state index contributed by atoms with van der Waals surface area (Å²) in [4.78, 5) is 23.1. The van der Waals surface area contributed by atoms with Crippen molar-refractivity contribution in [3.63, 3.8) is 0 Å². The third kappa shape index (κ3) is 4.74. The van der Waals surface area contributed by atoms with Gasteiger partial charge in [-0.15, -0.1) is 16.8 Å². The van der Waals surface area contributed by atoms with Crippen LogP contribution in [-0.2, 0) is 16.1 Å². The number of rotatable bonds is 9. The molecule has 1 atom stereocenters. The molecular weight excluding hydrogens is 404 g/mol. The molecule has 2 aromatic carbocycles. The van der Waals surface area contributed by atoms with E-state index in [9.17, 15) is 14.9 Å². The van der Waals surface area contributed by atoms with Crippen LogP contribution in [0, 0.1) is 10.1 Å². The van der Waals surface area contributed by atoms with E-state index in [1.54, 1.807) is 25.1 Å². The van der Waals surface area contributed by atoms with Crippen LogP contribution in [0.5, 0.6) is 0 Å². The summed E-state index contributed by atoms with van der Waals surface area (Å²) >= 11 is 1.24. The standard InChI is InChI=1S/C21H20N4O4S/c1-3-14-24-19(16-10-12-17(13-11-16)25(27)28)22-23-21(24)30-18(20(26)29-4-2)15-8-6-5-7-9-15/h3,5-13,18H,1,4,14H2,2H3/t18-/m0/s1. The van der Waals surface area contributed by atoms with Gasteiger partial charge in [-0.25, -0.2) is 0 Å². The summed E-state index contributed by atoms with van der Waals surface area (Å²) in [5.74, 6) is 0.168. The Morgan fingerprint density at radius 2 is 1.93 bits per heavy atom. The van der Waals surface area contributed by atoms with Crippen LogP contribution < -0.4 is 0 Å². The minimum Gasteiger partial charge on any atom is -0.465 e. The van der Waals surface area contributed by atoms with Crippen molar-refractivity contribution in [3.05, 3.63) is 82.9 Å². The number of nitro benzene ring substituents is 1. The highest BCUT2D eigenvalue weighted by Crippen LogP contribution is 2.37. The smallest absolute Gasteiger partial charge is 0.324 e. The maximum absolute atomic E-state index is 12.6. The monoisotopic (exact) mass is 424 g/mol. The zero-order valence-electron chi connectivity index (χ0n) is 16.3. The van der Waals surface area contributed by atoms with E-state index < -0.39 is 10.2 Å². The number of thioether (sulfide) groups is 1. The molecule has 30 heavy (non-hydrogen) atoms. The van der Waals surface area contributed by atoms with Crippen LogP contribution in [0.3, 0.4) is 0 Å². The number of ether oxygens (including phenoxy) is 1. The molecular formula is C21H20N4O4S. The molecule has 154 valence electrons. The Hall–Kier alpha value is -3.46. The van der Waals surface area contributed by atoms with Crippen molar-refractivity contribution in [2.24, 2.45) is 0 Å². The van der Waals surface area contributed by atoms with Gasteiger partial charge in [-0.2, -0.15) is 0 Å². The van der Waals surface area contributed by atoms with Crippen molar-refractivity contribution in [1.82, 2.24) is 14.8 Å². The first-order valence-corrected chi connectivity index (χ1v) is 10.1. The predicted molar refractivity (Wildman–Crippen MR) is 114 cm³/mol. The average molecular weight is 424 g/mol. The van der Waals surface area contributed by atoms with Gasteiger partial charge in [0.15, 0.2) is 11.0 Å². The number of non-ortho nitro benzene ring substituents is 1. The highest BCUT2D eigenvalue weighted by atomic mass is 32.2. The predicted octanol–water partition coefficient (Wildman–Crippen LogP) is 4.44. The average Bonchev–Trinajstić information content (AvgIpc) is 3.15. The normalized spacial score (nSPS) is 11.6. The molecule has 1 aromatic heterocycles. The topological polar surface area (TPSA) is 100 Å². The molecule has 0 saturated carbocycles. The van der Waals surface area contributed by atoms with E-state index in [2.05, 4.69) is 16.8 Å². The summed E-state index contributed by atoms with van der Waals surface area (Å²) in [6.45, 7) is 6.23. The number of hydrogen-bond donors (Lipinski definition) is 0. The molecule has 0 spiro atoms. The first kappa shape index (κ1) is 21.3. The maximum Gasteiger partial charge on any atom is 0.324 e. The summed E-state index contributed by atoms with van der Waals surface area (Å²) < 4.78 is 7.07. The van der Waals surface area contributed by atoms with Crippen LogP contribution in [0.15, 0.2) is 72.4 Å². The Balaban J connectivity index is 1.97. The molecule has 0 aliphatic heterocycles. The Kier molecular flexibility index (Phi) is 6.97. The van der Waals surface area contributed by atoms with Gasteiger partial charge >= 0.3 is 5.97 Å². The van der Waals surface area contributed by atoms with E-state index in [1.165, 1.54) is 23.9 Å². The van der Waals surface area contributed by atoms with Crippen LogP contribution in [0.2, 0.25) is 0 Å². The number of nitrogens with zero attached hydrogens (tertiary/aromatic N) is 4. The van der Waals surface area contributed by atoms with Crippen molar-refractivity contribution >= 4 is 23.4 Å². The van der Waals surface area contributed by atoms with Crippen molar-refractivity contribution in [3.8, 4) is 11.4 Å². The van der Waals surface area contributed by atoms with E-state index >= 15 is 0 Å². The lowest BCUT2D eigenvalue weighted by atomic mass is 10.1. The van der Waals surface area contributed by atoms with Gasteiger partial charge in [-0.3, -0.25) is 19.5 Å². The van der Waals surface area contributed by atoms with E-state index in [0.29, 0.717) is 23.1 Å². The number of aromatic nitrogens is 3. The molecule has 0 bridgehead atoms. The number of benzene rings is 2. The fraction of sp³-hybridized carbons (Fsp3) is 0.190. The number of nitro groups is 1. The maximum atomic E-state index is 12.6. The lowest BCUT2D eigenvalue weighted by molar-refractivity contribution is -0.384. The van der Waals surface area contributed by atoms with E-state index in [0.717, 1.165) is 5.56 Å². The minimum atomic E-state index is -0.608. The lowest BCUT2D eigenvalue weighted by Gasteiger charge is -2.16. The zero-order valence-corrected chi connectivity index (χ0v) is 17.1. The summed E-state index contributed by atoms with van der Waals surface area (Å²) in [5.41, 5.74) is 1.47. The molecule has 0 fully saturated rings. The fourth-order valence-corrected chi connectivity index (χ4v) is 3.86. The number of carbonyl (C=O) groups is 1. The van der Waals surface area contributed by atoms with Crippen molar-refractivity contribution in [2.45, 2.75) is 23.9 Å². The molecule has 0 radical (unpaired) electrons. The zero-order chi connectivity index (χ0) is 21.5. The van der Waals surface area contributed by atoms with Crippen LogP contribution in [0.4, 0.5) is 5.69 Å². The molecule has 0 saturated heterocycles. The molecule has 0 aliphatic carbocycles. The fourth-order valence-electron chi connectivity index (χ4n) is 2.82. The van der Waals surface area contributed by atoms with Gasteiger partial charge in [-0.05, 0) is 24.6 Å². The van der Waals surface area contributed by atoms with Crippen LogP contribution in [-0.4, -0.2) is 32.3 Å². The molecule has 1 heterocycles. The highest BCUT2D eigenvalue weighted by molar-refractivity contribution is 8.00. The van der Waals surface area contributed by atoms with E-state index in [1.807, 2.05) is 34.9 Å². The molecule has 3 rings (SSSR count). The molecule has 8 nitrogen and oxygen atoms in total. The van der Waals surface area contributed by atoms with Gasteiger partial charge < -0.3 is 4.74 Å². The molecule has 3 aromatic rings. The second kappa shape index (κ2) is 9.84.